The van der Waals surface area contributed by atoms with E-state index in [1.165, 1.54) is 6.42 Å². The number of aromatic nitrogens is 2. The summed E-state index contributed by atoms with van der Waals surface area (Å²) in [4.78, 5) is 20.1. The summed E-state index contributed by atoms with van der Waals surface area (Å²) in [6, 6.07) is 2.23. The Morgan fingerprint density at radius 2 is 2.23 bits per heavy atom. The molecule has 3 aliphatic rings. The Labute approximate surface area is 134 Å². The van der Waals surface area contributed by atoms with Crippen LogP contribution in [0.1, 0.15) is 49.1 Å². The monoisotopic (exact) mass is 317 g/mol. The lowest BCUT2D eigenvalue weighted by Crippen LogP contribution is -2.60. The predicted octanol–water partition coefficient (Wildman–Crippen LogP) is 3.73. The van der Waals surface area contributed by atoms with Crippen LogP contribution < -0.4 is 5.32 Å². The van der Waals surface area contributed by atoms with Crippen LogP contribution in [0.4, 0.5) is 0 Å². The molecule has 4 atom stereocenters. The van der Waals surface area contributed by atoms with Crippen LogP contribution in [-0.4, -0.2) is 21.9 Å². The normalized spacial score (nSPS) is 32.7. The third kappa shape index (κ3) is 1.94. The highest BCUT2D eigenvalue weighted by Gasteiger charge is 2.56. The minimum absolute atomic E-state index is 0.0128. The Hall–Kier alpha value is -1.36. The van der Waals surface area contributed by atoms with Gasteiger partial charge in [0, 0.05) is 6.04 Å². The lowest BCUT2D eigenvalue weighted by atomic mass is 9.45. The number of aryl methyl sites for hydroxylation is 1. The molecule has 1 amide bonds. The number of hydrogen-bond acceptors (Lipinski definition) is 3. The highest BCUT2D eigenvalue weighted by atomic mass is 32.1. The van der Waals surface area contributed by atoms with Gasteiger partial charge in [-0.05, 0) is 49.0 Å². The topological polar surface area (TPSA) is 57.8 Å². The fourth-order valence-corrected chi connectivity index (χ4v) is 5.46. The summed E-state index contributed by atoms with van der Waals surface area (Å²) in [5.41, 5.74) is 1.92. The quantitative estimate of drug-likeness (QED) is 0.886. The molecule has 2 aromatic rings. The largest absolute Gasteiger partial charge is 0.348 e. The number of thiazole rings is 1. The van der Waals surface area contributed by atoms with Crippen molar-refractivity contribution >= 4 is 27.6 Å². The maximum absolute atomic E-state index is 12.5. The molecule has 5 rings (SSSR count). The second kappa shape index (κ2) is 4.57. The maximum atomic E-state index is 12.5. The molecule has 22 heavy (non-hydrogen) atoms. The predicted molar refractivity (Wildman–Crippen MR) is 89.1 cm³/mol. The summed E-state index contributed by atoms with van der Waals surface area (Å²) < 4.78 is 1.06. The van der Waals surface area contributed by atoms with Gasteiger partial charge in [-0.2, -0.15) is 0 Å². The number of nitrogens with one attached hydrogen (secondary N) is 2. The average molecular weight is 317 g/mol. The van der Waals surface area contributed by atoms with Crippen LogP contribution in [0, 0.1) is 30.1 Å². The van der Waals surface area contributed by atoms with Crippen LogP contribution in [0.2, 0.25) is 0 Å². The van der Waals surface area contributed by atoms with E-state index in [4.69, 9.17) is 0 Å². The first-order valence-electron chi connectivity index (χ1n) is 8.13. The van der Waals surface area contributed by atoms with Crippen LogP contribution in [0.25, 0.3) is 10.3 Å². The molecule has 2 N–H and O–H groups in total. The summed E-state index contributed by atoms with van der Waals surface area (Å²) in [6.07, 6.45) is 2.45. The molecule has 0 spiro atoms. The summed E-state index contributed by atoms with van der Waals surface area (Å²) in [7, 11) is 0. The number of aromatic amines is 1. The van der Waals surface area contributed by atoms with Crippen molar-refractivity contribution in [1.29, 1.82) is 0 Å². The molecule has 118 valence electrons. The zero-order valence-corrected chi connectivity index (χ0v) is 14.4. The second-order valence-corrected chi connectivity index (χ2v) is 8.90. The number of fused-ring (bicyclic) bond motifs is 3. The average Bonchev–Trinajstić information content (AvgIpc) is 2.97. The van der Waals surface area contributed by atoms with Crippen LogP contribution in [0.3, 0.4) is 0 Å². The molecule has 2 aromatic heterocycles. The minimum atomic E-state index is 0.0128. The second-order valence-electron chi connectivity index (χ2n) is 7.66. The molecule has 0 aliphatic heterocycles. The van der Waals surface area contributed by atoms with Crippen molar-refractivity contribution in [2.75, 3.05) is 0 Å². The van der Waals surface area contributed by atoms with Crippen molar-refractivity contribution in [1.82, 2.24) is 15.3 Å². The summed E-state index contributed by atoms with van der Waals surface area (Å²) in [6.45, 7) is 9.04. The van der Waals surface area contributed by atoms with E-state index in [-0.39, 0.29) is 5.91 Å². The maximum Gasteiger partial charge on any atom is 0.268 e. The van der Waals surface area contributed by atoms with Gasteiger partial charge in [0.05, 0.1) is 9.71 Å². The molecule has 0 aromatic carbocycles. The van der Waals surface area contributed by atoms with Gasteiger partial charge < -0.3 is 10.3 Å². The van der Waals surface area contributed by atoms with Crippen LogP contribution in [0.15, 0.2) is 6.07 Å². The summed E-state index contributed by atoms with van der Waals surface area (Å²) >= 11 is 1.62. The van der Waals surface area contributed by atoms with Gasteiger partial charge in [-0.1, -0.05) is 20.8 Å². The van der Waals surface area contributed by atoms with E-state index in [0.717, 1.165) is 33.6 Å². The number of rotatable bonds is 2. The van der Waals surface area contributed by atoms with E-state index in [0.29, 0.717) is 23.1 Å². The van der Waals surface area contributed by atoms with Crippen molar-refractivity contribution in [2.45, 2.75) is 46.6 Å². The van der Waals surface area contributed by atoms with E-state index < -0.39 is 0 Å². The van der Waals surface area contributed by atoms with Gasteiger partial charge >= 0.3 is 0 Å². The summed E-state index contributed by atoms with van der Waals surface area (Å²) in [5.74, 6) is 2.07. The first-order valence-corrected chi connectivity index (χ1v) is 8.95. The highest BCUT2D eigenvalue weighted by molar-refractivity contribution is 7.18. The molecule has 3 saturated carbocycles. The van der Waals surface area contributed by atoms with Crippen LogP contribution >= 0.6 is 11.3 Å². The first kappa shape index (κ1) is 14.2. The van der Waals surface area contributed by atoms with E-state index >= 15 is 0 Å². The van der Waals surface area contributed by atoms with Gasteiger partial charge in [0.2, 0.25) is 0 Å². The molecule has 3 aliphatic carbocycles. The van der Waals surface area contributed by atoms with Gasteiger partial charge in [-0.25, -0.2) is 4.98 Å². The molecule has 3 fully saturated rings. The Kier molecular flexibility index (Phi) is 2.96. The number of amides is 1. The third-order valence-electron chi connectivity index (χ3n) is 6.20. The number of nitrogens with zero attached hydrogens (tertiary/aromatic N) is 1. The standard InChI is InChI=1S/C17H23N3OS/c1-8-11-5-10(17(11,3)4)6-12(8)20-16(21)13-7-14-15(19-13)18-9(2)22-14/h7-8,10-12,19H,5-6H2,1-4H3,(H,20,21)/t8-,10+,11-,12-/m0/s1. The third-order valence-corrected chi connectivity index (χ3v) is 7.12. The van der Waals surface area contributed by atoms with Crippen molar-refractivity contribution < 1.29 is 4.79 Å². The minimum Gasteiger partial charge on any atom is -0.348 e. The molecule has 2 heterocycles. The number of carbonyl (C=O) groups excluding carboxylic acids is 1. The fraction of sp³-hybridized carbons (Fsp3) is 0.647. The van der Waals surface area contributed by atoms with E-state index in [1.54, 1.807) is 11.3 Å². The van der Waals surface area contributed by atoms with Gasteiger partial charge in [0.25, 0.3) is 5.91 Å². The molecule has 2 bridgehead atoms. The Balaban J connectivity index is 1.49. The van der Waals surface area contributed by atoms with E-state index in [9.17, 15) is 4.79 Å². The Morgan fingerprint density at radius 3 is 2.86 bits per heavy atom. The molecular formula is C17H23N3OS. The Morgan fingerprint density at radius 1 is 1.45 bits per heavy atom. The number of carbonyl (C=O) groups is 1. The molecule has 4 nitrogen and oxygen atoms in total. The van der Waals surface area contributed by atoms with Crippen molar-refractivity contribution in [2.24, 2.45) is 23.2 Å². The molecule has 0 saturated heterocycles. The number of H-pyrrole nitrogens is 1. The zero-order chi connectivity index (χ0) is 15.6. The lowest BCUT2D eigenvalue weighted by molar-refractivity contribution is -0.113. The SMILES string of the molecule is Cc1nc2[nH]c(C(=O)N[C@H]3C[C@H]4C[C@@H]([C@@H]3C)C4(C)C)cc2s1. The molecule has 0 radical (unpaired) electrons. The van der Waals surface area contributed by atoms with Gasteiger partial charge in [-0.15, -0.1) is 11.3 Å². The smallest absolute Gasteiger partial charge is 0.268 e. The van der Waals surface area contributed by atoms with Gasteiger partial charge in [-0.3, -0.25) is 4.79 Å². The molecule has 0 unspecified atom stereocenters. The summed E-state index contributed by atoms with van der Waals surface area (Å²) in [5, 5.41) is 4.28. The molecular weight excluding hydrogens is 294 g/mol. The van der Waals surface area contributed by atoms with E-state index in [1.807, 2.05) is 13.0 Å². The van der Waals surface area contributed by atoms with E-state index in [2.05, 4.69) is 36.1 Å². The Bertz CT molecular complexity index is 713. The van der Waals surface area contributed by atoms with Gasteiger partial charge in [0.15, 0.2) is 0 Å². The van der Waals surface area contributed by atoms with Crippen LogP contribution in [-0.2, 0) is 0 Å². The van der Waals surface area contributed by atoms with Gasteiger partial charge in [0.1, 0.15) is 11.3 Å². The van der Waals surface area contributed by atoms with Crippen molar-refractivity contribution in [3.05, 3.63) is 16.8 Å². The lowest BCUT2D eigenvalue weighted by Gasteiger charge is -2.62. The van der Waals surface area contributed by atoms with Crippen LogP contribution in [0.5, 0.6) is 0 Å². The van der Waals surface area contributed by atoms with Crippen molar-refractivity contribution in [3.63, 3.8) is 0 Å². The number of hydrogen-bond donors (Lipinski definition) is 2. The first-order chi connectivity index (χ1) is 10.4. The zero-order valence-electron chi connectivity index (χ0n) is 13.6. The fourth-order valence-electron chi connectivity index (χ4n) is 4.63. The highest BCUT2D eigenvalue weighted by Crippen LogP contribution is 2.61. The molecule has 5 heteroatoms. The van der Waals surface area contributed by atoms with Crippen molar-refractivity contribution in [3.8, 4) is 0 Å².